The van der Waals surface area contributed by atoms with Gasteiger partial charge in [0.1, 0.15) is 6.04 Å². The summed E-state index contributed by atoms with van der Waals surface area (Å²) in [4.78, 5) is 27.2. The second-order valence-electron chi connectivity index (χ2n) is 8.60. The lowest BCUT2D eigenvalue weighted by atomic mass is 10.1. The number of carbonyl (C=O) groups is 2. The molecule has 0 radical (unpaired) electrons. The van der Waals surface area contributed by atoms with Crippen LogP contribution < -0.4 is 9.62 Å². The van der Waals surface area contributed by atoms with E-state index in [1.165, 1.54) is 11.0 Å². The first-order chi connectivity index (χ1) is 17.2. The van der Waals surface area contributed by atoms with Crippen LogP contribution in [-0.2, 0) is 32.3 Å². The highest BCUT2D eigenvalue weighted by atomic mass is 35.5. The molecule has 1 N–H and O–H groups in total. The molecule has 1 atom stereocenters. The molecule has 0 saturated heterocycles. The summed E-state index contributed by atoms with van der Waals surface area (Å²) in [7, 11) is -3.93. The van der Waals surface area contributed by atoms with E-state index in [9.17, 15) is 31.2 Å². The molecule has 0 fully saturated rings. The van der Waals surface area contributed by atoms with Crippen molar-refractivity contribution in [1.29, 1.82) is 0 Å². The Morgan fingerprint density at radius 1 is 1.11 bits per heavy atom. The maximum absolute atomic E-state index is 13.2. The van der Waals surface area contributed by atoms with Gasteiger partial charge in [-0.3, -0.25) is 13.9 Å². The quantitative estimate of drug-likeness (QED) is 0.401. The van der Waals surface area contributed by atoms with Gasteiger partial charge in [-0.2, -0.15) is 13.2 Å². The number of hydrogen-bond donors (Lipinski definition) is 1. The summed E-state index contributed by atoms with van der Waals surface area (Å²) in [5, 5.41) is 3.28. The highest BCUT2D eigenvalue weighted by molar-refractivity contribution is 7.92. The molecule has 7 nitrogen and oxygen atoms in total. The Hall–Kier alpha value is -2.79. The highest BCUT2D eigenvalue weighted by Gasteiger charge is 2.32. The lowest BCUT2D eigenvalue weighted by molar-refractivity contribution is -0.140. The average molecular weight is 562 g/mol. The van der Waals surface area contributed by atoms with Gasteiger partial charge in [-0.15, -0.1) is 0 Å². The normalized spacial score (nSPS) is 12.6. The van der Waals surface area contributed by atoms with Gasteiger partial charge in [-0.25, -0.2) is 8.42 Å². The van der Waals surface area contributed by atoms with Crippen molar-refractivity contribution < 1.29 is 31.2 Å². The Labute approximate surface area is 220 Å². The van der Waals surface area contributed by atoms with Gasteiger partial charge >= 0.3 is 6.18 Å². The molecule has 0 aliphatic carbocycles. The minimum absolute atomic E-state index is 0.0303. The summed E-state index contributed by atoms with van der Waals surface area (Å²) in [6, 6.07) is 10.0. The fourth-order valence-electron chi connectivity index (χ4n) is 3.61. The fourth-order valence-corrected chi connectivity index (χ4v) is 4.69. The van der Waals surface area contributed by atoms with E-state index >= 15 is 0 Å². The number of amides is 2. The number of carbonyl (C=O) groups excluding carboxylic acids is 2. The van der Waals surface area contributed by atoms with Crippen molar-refractivity contribution in [3.63, 3.8) is 0 Å². The minimum atomic E-state index is -4.63. The molecule has 1 unspecified atom stereocenters. The van der Waals surface area contributed by atoms with E-state index in [2.05, 4.69) is 5.32 Å². The maximum Gasteiger partial charge on any atom is 0.416 e. The number of rotatable bonds is 12. The van der Waals surface area contributed by atoms with Gasteiger partial charge in [-0.1, -0.05) is 36.7 Å². The molecule has 0 heterocycles. The first-order valence-electron chi connectivity index (χ1n) is 11.7. The van der Waals surface area contributed by atoms with Crippen LogP contribution in [0, 0.1) is 0 Å². The lowest BCUT2D eigenvalue weighted by Gasteiger charge is -2.29. The molecule has 0 bridgehead atoms. The van der Waals surface area contributed by atoms with Crippen molar-refractivity contribution in [1.82, 2.24) is 10.2 Å². The van der Waals surface area contributed by atoms with Crippen LogP contribution >= 0.6 is 11.6 Å². The third-order valence-electron chi connectivity index (χ3n) is 5.60. The number of halogens is 4. The van der Waals surface area contributed by atoms with Crippen LogP contribution in [0.25, 0.3) is 0 Å². The van der Waals surface area contributed by atoms with Crippen molar-refractivity contribution in [3.05, 3.63) is 64.7 Å². The second kappa shape index (κ2) is 13.1. The third-order valence-corrected chi connectivity index (χ3v) is 7.04. The summed E-state index contributed by atoms with van der Waals surface area (Å²) in [6.07, 6.45) is -3.11. The number of sulfonamides is 1. The molecular formula is C25H31ClF3N3O4S. The predicted molar refractivity (Wildman–Crippen MR) is 138 cm³/mol. The van der Waals surface area contributed by atoms with Crippen LogP contribution in [0.5, 0.6) is 0 Å². The largest absolute Gasteiger partial charge is 0.416 e. The molecule has 2 aromatic rings. The molecule has 0 aliphatic heterocycles. The van der Waals surface area contributed by atoms with Crippen molar-refractivity contribution in [2.24, 2.45) is 0 Å². The average Bonchev–Trinajstić information content (AvgIpc) is 2.83. The second-order valence-corrected chi connectivity index (χ2v) is 10.9. The van der Waals surface area contributed by atoms with E-state index in [4.69, 9.17) is 11.6 Å². The van der Waals surface area contributed by atoms with Crippen LogP contribution in [0.4, 0.5) is 18.9 Å². The van der Waals surface area contributed by atoms with Crippen LogP contribution in [0.2, 0.25) is 5.02 Å². The molecule has 12 heteroatoms. The lowest BCUT2D eigenvalue weighted by Crippen LogP contribution is -2.47. The van der Waals surface area contributed by atoms with Gasteiger partial charge in [0, 0.05) is 31.1 Å². The van der Waals surface area contributed by atoms with Gasteiger partial charge in [0.25, 0.3) is 0 Å². The van der Waals surface area contributed by atoms with Crippen molar-refractivity contribution in [2.45, 2.75) is 51.9 Å². The smallest absolute Gasteiger partial charge is 0.354 e. The van der Waals surface area contributed by atoms with Crippen molar-refractivity contribution in [2.75, 3.05) is 23.7 Å². The minimum Gasteiger partial charge on any atom is -0.354 e. The number of nitrogens with one attached hydrogen (secondary N) is 1. The Morgan fingerprint density at radius 2 is 1.76 bits per heavy atom. The van der Waals surface area contributed by atoms with Gasteiger partial charge in [-0.05, 0) is 55.7 Å². The molecule has 37 heavy (non-hydrogen) atoms. The SMILES string of the molecule is CCCNC(=O)C(C)N(Cc1ccc(Cl)cc1)C(=O)CCCN(c1cccc(C(F)(F)F)c1)S(C)(=O)=O. The van der Waals surface area contributed by atoms with Crippen molar-refractivity contribution in [3.8, 4) is 0 Å². The summed E-state index contributed by atoms with van der Waals surface area (Å²) < 4.78 is 65.0. The summed E-state index contributed by atoms with van der Waals surface area (Å²) >= 11 is 5.94. The van der Waals surface area contributed by atoms with Crippen LogP contribution in [0.15, 0.2) is 48.5 Å². The number of nitrogens with zero attached hydrogens (tertiary/aromatic N) is 2. The molecule has 2 aromatic carbocycles. The fraction of sp³-hybridized carbons (Fsp3) is 0.440. The molecule has 0 aliphatic rings. The van der Waals surface area contributed by atoms with E-state index < -0.39 is 33.7 Å². The number of alkyl halides is 3. The van der Waals surface area contributed by atoms with Gasteiger partial charge in [0.05, 0.1) is 17.5 Å². The Bertz CT molecular complexity index is 1170. The van der Waals surface area contributed by atoms with Gasteiger partial charge in [0.2, 0.25) is 21.8 Å². The number of hydrogen-bond acceptors (Lipinski definition) is 4. The maximum atomic E-state index is 13.2. The van der Waals surface area contributed by atoms with Crippen molar-refractivity contribution >= 4 is 39.1 Å². The standard InChI is InChI=1S/C25H31ClF3N3O4S/c1-4-14-30-24(34)18(2)31(17-19-10-12-21(26)13-11-19)23(33)9-6-15-32(37(3,35)36)22-8-5-7-20(16-22)25(27,28)29/h5,7-8,10-13,16,18H,4,6,9,14-15,17H2,1-3H3,(H,30,34). The molecule has 0 spiro atoms. The van der Waals surface area contributed by atoms with Gasteiger partial charge < -0.3 is 10.2 Å². The zero-order valence-corrected chi connectivity index (χ0v) is 22.5. The highest BCUT2D eigenvalue weighted by Crippen LogP contribution is 2.32. The molecular weight excluding hydrogens is 531 g/mol. The van der Waals surface area contributed by atoms with E-state index in [-0.39, 0.29) is 37.5 Å². The zero-order valence-electron chi connectivity index (χ0n) is 20.9. The van der Waals surface area contributed by atoms with Crippen LogP contribution in [0.1, 0.15) is 44.2 Å². The molecule has 0 saturated carbocycles. The van der Waals surface area contributed by atoms with E-state index in [1.54, 1.807) is 31.2 Å². The topological polar surface area (TPSA) is 86.8 Å². The number of benzene rings is 2. The van der Waals surface area contributed by atoms with Crippen LogP contribution in [-0.4, -0.2) is 50.5 Å². The zero-order chi connectivity index (χ0) is 27.8. The van der Waals surface area contributed by atoms with Crippen LogP contribution in [0.3, 0.4) is 0 Å². The summed E-state index contributed by atoms with van der Waals surface area (Å²) in [5.74, 6) is -0.725. The summed E-state index contributed by atoms with van der Waals surface area (Å²) in [5.41, 5.74) is -0.375. The Morgan fingerprint density at radius 3 is 2.32 bits per heavy atom. The first kappa shape index (κ1) is 30.4. The number of anilines is 1. The molecule has 204 valence electrons. The van der Waals surface area contributed by atoms with E-state index in [0.29, 0.717) is 11.6 Å². The molecule has 2 amide bonds. The van der Waals surface area contributed by atoms with E-state index in [1.807, 2.05) is 6.92 Å². The predicted octanol–water partition coefficient (Wildman–Crippen LogP) is 4.85. The first-order valence-corrected chi connectivity index (χ1v) is 13.9. The Kier molecular flexibility index (Phi) is 10.8. The molecule has 2 rings (SSSR count). The summed E-state index contributed by atoms with van der Waals surface area (Å²) in [6.45, 7) is 3.87. The monoisotopic (exact) mass is 561 g/mol. The van der Waals surface area contributed by atoms with Gasteiger partial charge in [0.15, 0.2) is 0 Å². The molecule has 0 aromatic heterocycles. The Balaban J connectivity index is 2.19. The van der Waals surface area contributed by atoms with E-state index in [0.717, 1.165) is 40.7 Å². The third kappa shape index (κ3) is 9.23.